The summed E-state index contributed by atoms with van der Waals surface area (Å²) in [6.07, 6.45) is 0. The number of halogens is 2. The Morgan fingerprint density at radius 1 is 1.31 bits per heavy atom. The molecule has 0 radical (unpaired) electrons. The van der Waals surface area contributed by atoms with Crippen LogP contribution in [0.2, 0.25) is 10.0 Å². The van der Waals surface area contributed by atoms with Gasteiger partial charge in [-0.2, -0.15) is 0 Å². The van der Waals surface area contributed by atoms with Crippen LogP contribution in [0.3, 0.4) is 0 Å². The van der Waals surface area contributed by atoms with Crippen molar-refractivity contribution in [2.45, 2.75) is 12.3 Å². The van der Waals surface area contributed by atoms with Crippen molar-refractivity contribution in [3.05, 3.63) is 45.0 Å². The van der Waals surface area contributed by atoms with Crippen molar-refractivity contribution in [1.29, 1.82) is 0 Å². The molecule has 1 aromatic carbocycles. The fraction of sp³-hybridized carbons (Fsp3) is 0.333. The predicted molar refractivity (Wildman–Crippen MR) is 67.0 cm³/mol. The molecule has 1 aromatic rings. The molecule has 0 amide bonds. The van der Waals surface area contributed by atoms with E-state index in [1.165, 1.54) is 0 Å². The van der Waals surface area contributed by atoms with Crippen LogP contribution in [-0.4, -0.2) is 18.3 Å². The summed E-state index contributed by atoms with van der Waals surface area (Å²) in [5.74, 6) is 0. The molecule has 86 valence electrons. The van der Waals surface area contributed by atoms with Crippen LogP contribution in [-0.2, 0) is 5.41 Å². The van der Waals surface area contributed by atoms with Gasteiger partial charge in [0.05, 0.1) is 22.1 Å². The van der Waals surface area contributed by atoms with Crippen LogP contribution in [0.5, 0.6) is 0 Å². The lowest BCUT2D eigenvalue weighted by Gasteiger charge is -2.18. The van der Waals surface area contributed by atoms with E-state index >= 15 is 0 Å². The highest BCUT2D eigenvalue weighted by molar-refractivity contribution is 6.42. The first-order valence-electron chi connectivity index (χ1n) is 5.05. The van der Waals surface area contributed by atoms with Gasteiger partial charge in [0.15, 0.2) is 0 Å². The van der Waals surface area contributed by atoms with Crippen LogP contribution < -0.4 is 5.73 Å². The summed E-state index contributed by atoms with van der Waals surface area (Å²) in [6, 6.07) is 5.49. The van der Waals surface area contributed by atoms with Gasteiger partial charge >= 0.3 is 0 Å². The number of rotatable bonds is 3. The number of nitrogens with two attached hydrogens (primary N) is 1. The van der Waals surface area contributed by atoms with Gasteiger partial charge in [0.25, 0.3) is 0 Å². The van der Waals surface area contributed by atoms with Crippen LogP contribution in [0.1, 0.15) is 12.5 Å². The number of benzene rings is 1. The van der Waals surface area contributed by atoms with Crippen molar-refractivity contribution in [2.24, 2.45) is 5.73 Å². The summed E-state index contributed by atoms with van der Waals surface area (Å²) in [5, 5.41) is 10.3. The molecule has 0 spiro atoms. The molecule has 2 rings (SSSR count). The minimum atomic E-state index is -0.289. The molecule has 0 aromatic heterocycles. The maximum Gasteiger partial charge on any atom is 0.0657 e. The molecule has 0 bridgehead atoms. The van der Waals surface area contributed by atoms with Gasteiger partial charge < -0.3 is 10.8 Å². The Morgan fingerprint density at radius 3 is 2.44 bits per heavy atom. The minimum absolute atomic E-state index is 0.0449. The molecular formula is C12H13Cl2NO. The molecule has 2 nitrogen and oxygen atoms in total. The van der Waals surface area contributed by atoms with E-state index in [4.69, 9.17) is 28.9 Å². The van der Waals surface area contributed by atoms with Gasteiger partial charge in [0.1, 0.15) is 0 Å². The van der Waals surface area contributed by atoms with E-state index in [9.17, 15) is 5.11 Å². The Labute approximate surface area is 105 Å². The maximum absolute atomic E-state index is 9.26. The number of aliphatic hydroxyl groups excluding tert-OH is 1. The first-order valence-corrected chi connectivity index (χ1v) is 5.80. The first-order chi connectivity index (χ1) is 7.57. The van der Waals surface area contributed by atoms with Crippen molar-refractivity contribution in [1.82, 2.24) is 0 Å². The number of hydrogen-bond donors (Lipinski definition) is 2. The van der Waals surface area contributed by atoms with Gasteiger partial charge in [-0.15, -0.1) is 0 Å². The largest absolute Gasteiger partial charge is 0.392 e. The second kappa shape index (κ2) is 4.04. The van der Waals surface area contributed by atoms with Crippen LogP contribution in [0.25, 0.3) is 0 Å². The van der Waals surface area contributed by atoms with Gasteiger partial charge in [-0.25, -0.2) is 0 Å². The Balaban J connectivity index is 2.41. The lowest BCUT2D eigenvalue weighted by atomic mass is 9.88. The lowest BCUT2D eigenvalue weighted by molar-refractivity contribution is 0.328. The summed E-state index contributed by atoms with van der Waals surface area (Å²) in [6.45, 7) is 2.48. The van der Waals surface area contributed by atoms with E-state index < -0.39 is 0 Å². The molecule has 3 N–H and O–H groups in total. The van der Waals surface area contributed by atoms with E-state index in [1.807, 2.05) is 19.1 Å². The molecule has 0 saturated heterocycles. The van der Waals surface area contributed by atoms with E-state index in [-0.39, 0.29) is 12.0 Å². The smallest absolute Gasteiger partial charge is 0.0657 e. The van der Waals surface area contributed by atoms with Gasteiger partial charge in [0, 0.05) is 6.54 Å². The molecule has 0 unspecified atom stereocenters. The molecule has 0 heterocycles. The lowest BCUT2D eigenvalue weighted by Crippen LogP contribution is -2.25. The van der Waals surface area contributed by atoms with E-state index in [1.54, 1.807) is 6.07 Å². The second-order valence-electron chi connectivity index (χ2n) is 4.00. The van der Waals surface area contributed by atoms with Gasteiger partial charge in [0.2, 0.25) is 0 Å². The van der Waals surface area contributed by atoms with E-state index in [2.05, 4.69) is 0 Å². The molecule has 16 heavy (non-hydrogen) atoms. The highest BCUT2D eigenvalue weighted by Crippen LogP contribution is 2.53. The van der Waals surface area contributed by atoms with Crippen LogP contribution in [0.4, 0.5) is 0 Å². The van der Waals surface area contributed by atoms with Crippen molar-refractivity contribution in [2.75, 3.05) is 13.2 Å². The Hall–Kier alpha value is -0.540. The molecular weight excluding hydrogens is 245 g/mol. The zero-order chi connectivity index (χ0) is 11.9. The summed E-state index contributed by atoms with van der Waals surface area (Å²) < 4.78 is 0. The highest BCUT2D eigenvalue weighted by atomic mass is 35.5. The van der Waals surface area contributed by atoms with Crippen molar-refractivity contribution < 1.29 is 5.11 Å². The summed E-state index contributed by atoms with van der Waals surface area (Å²) in [5.41, 5.74) is 8.66. The van der Waals surface area contributed by atoms with Gasteiger partial charge in [-0.1, -0.05) is 34.8 Å². The molecule has 1 aliphatic rings. The molecule has 0 aliphatic heterocycles. The molecule has 4 heteroatoms. The number of aliphatic hydroxyl groups is 1. The Bertz CT molecular complexity index is 470. The van der Waals surface area contributed by atoms with Gasteiger partial charge in [-0.05, 0) is 30.2 Å². The third kappa shape index (κ3) is 1.49. The zero-order valence-corrected chi connectivity index (χ0v) is 10.4. The molecule has 0 saturated carbocycles. The topological polar surface area (TPSA) is 46.2 Å². The second-order valence-corrected chi connectivity index (χ2v) is 4.81. The van der Waals surface area contributed by atoms with Crippen molar-refractivity contribution in [3.8, 4) is 0 Å². The Morgan fingerprint density at radius 2 is 2.00 bits per heavy atom. The van der Waals surface area contributed by atoms with E-state index in [0.29, 0.717) is 16.6 Å². The maximum atomic E-state index is 9.26. The van der Waals surface area contributed by atoms with Crippen molar-refractivity contribution in [3.63, 3.8) is 0 Å². The third-order valence-electron chi connectivity index (χ3n) is 3.42. The Kier molecular flexibility index (Phi) is 3.01. The fourth-order valence-electron chi connectivity index (χ4n) is 2.33. The predicted octanol–water partition coefficient (Wildman–Crippen LogP) is 2.51. The summed E-state index contributed by atoms with van der Waals surface area (Å²) in [4.78, 5) is 0. The molecule has 0 fully saturated rings. The average Bonchev–Trinajstić information content (AvgIpc) is 2.88. The number of hydrogen-bond acceptors (Lipinski definition) is 2. The zero-order valence-electron chi connectivity index (χ0n) is 8.93. The van der Waals surface area contributed by atoms with Crippen molar-refractivity contribution >= 4 is 23.2 Å². The third-order valence-corrected chi connectivity index (χ3v) is 4.16. The average molecular weight is 258 g/mol. The summed E-state index contributed by atoms with van der Waals surface area (Å²) >= 11 is 11.9. The van der Waals surface area contributed by atoms with Crippen LogP contribution >= 0.6 is 23.2 Å². The van der Waals surface area contributed by atoms with E-state index in [0.717, 1.165) is 16.7 Å². The van der Waals surface area contributed by atoms with Crippen LogP contribution in [0.15, 0.2) is 29.3 Å². The summed E-state index contributed by atoms with van der Waals surface area (Å²) in [7, 11) is 0. The highest BCUT2D eigenvalue weighted by Gasteiger charge is 2.50. The standard InChI is InChI=1S/C12H13Cl2NO/c1-7-9(5-16)12(7,6-15)8-2-3-10(13)11(14)4-8/h2-4,16H,5-6,15H2,1H3/t12-/m1/s1. The quantitative estimate of drug-likeness (QED) is 0.818. The monoisotopic (exact) mass is 257 g/mol. The fourth-order valence-corrected chi connectivity index (χ4v) is 2.63. The van der Waals surface area contributed by atoms with Gasteiger partial charge in [-0.3, -0.25) is 0 Å². The first kappa shape index (κ1) is 11.9. The molecule has 1 atom stereocenters. The molecule has 1 aliphatic carbocycles. The van der Waals surface area contributed by atoms with Crippen LogP contribution in [0, 0.1) is 0 Å². The SMILES string of the molecule is CC1=C(CO)[C@@]1(CN)c1ccc(Cl)c(Cl)c1. The minimum Gasteiger partial charge on any atom is -0.392 e. The normalized spacial score (nSPS) is 23.8.